The fourth-order valence-corrected chi connectivity index (χ4v) is 4.61. The van der Waals surface area contributed by atoms with Crippen molar-refractivity contribution >= 4 is 5.91 Å². The number of hydrogen-bond donors (Lipinski definition) is 1. The third-order valence-corrected chi connectivity index (χ3v) is 5.90. The Labute approximate surface area is 177 Å². The average Bonchev–Trinajstić information content (AvgIpc) is 3.11. The van der Waals surface area contributed by atoms with Crippen LogP contribution in [0.25, 0.3) is 0 Å². The number of nitrogens with zero attached hydrogens (tertiary/aromatic N) is 2. The van der Waals surface area contributed by atoms with Crippen molar-refractivity contribution in [3.8, 4) is 0 Å². The molecule has 1 aliphatic heterocycles. The van der Waals surface area contributed by atoms with Crippen LogP contribution in [0.15, 0.2) is 54.9 Å². The number of allylic oxidation sites excluding steroid dienone is 1. The van der Waals surface area contributed by atoms with E-state index in [0.717, 1.165) is 30.8 Å². The molecule has 1 aromatic rings. The van der Waals surface area contributed by atoms with Gasteiger partial charge in [0.1, 0.15) is 0 Å². The summed E-state index contributed by atoms with van der Waals surface area (Å²) in [6, 6.07) is 10.7. The van der Waals surface area contributed by atoms with Crippen LogP contribution in [0.1, 0.15) is 59.1 Å². The summed E-state index contributed by atoms with van der Waals surface area (Å²) < 4.78 is 0. The van der Waals surface area contributed by atoms with Crippen molar-refractivity contribution < 1.29 is 4.79 Å². The summed E-state index contributed by atoms with van der Waals surface area (Å²) >= 11 is 0. The molecule has 0 aliphatic carbocycles. The standard InChI is InChI=1S/C25H39N3O/c1-9-19(6)28-16-15-22(24(28)21-13-11-10-12-14-21)25(29)27(8)23(17(2)3)20(7)26-18(4)5/h10-14,17-18,22-24,26H,6-7,9,15-16H2,1-5,8H3. The zero-order valence-electron chi connectivity index (χ0n) is 19.1. The Morgan fingerprint density at radius 2 is 1.83 bits per heavy atom. The number of carbonyl (C=O) groups is 1. The Morgan fingerprint density at radius 3 is 2.34 bits per heavy atom. The van der Waals surface area contributed by atoms with Gasteiger partial charge >= 0.3 is 0 Å². The van der Waals surface area contributed by atoms with Gasteiger partial charge in [0, 0.05) is 31.0 Å². The summed E-state index contributed by atoms with van der Waals surface area (Å²) in [5, 5.41) is 3.42. The van der Waals surface area contributed by atoms with Crippen LogP contribution in [0.2, 0.25) is 0 Å². The van der Waals surface area contributed by atoms with Gasteiger partial charge in [0.2, 0.25) is 5.91 Å². The molecule has 3 unspecified atom stereocenters. The van der Waals surface area contributed by atoms with Gasteiger partial charge in [0.25, 0.3) is 0 Å². The first-order chi connectivity index (χ1) is 13.7. The second kappa shape index (κ2) is 10.00. The predicted molar refractivity (Wildman–Crippen MR) is 122 cm³/mol. The first-order valence-electron chi connectivity index (χ1n) is 10.9. The molecule has 29 heavy (non-hydrogen) atoms. The lowest BCUT2D eigenvalue weighted by atomic mass is 9.90. The number of likely N-dealkylation sites (N-methyl/N-ethyl adjacent to an activating group) is 1. The summed E-state index contributed by atoms with van der Waals surface area (Å²) in [5.41, 5.74) is 3.20. The van der Waals surface area contributed by atoms with Crippen LogP contribution in [-0.2, 0) is 4.79 Å². The van der Waals surface area contributed by atoms with Crippen molar-refractivity contribution in [3.05, 3.63) is 60.4 Å². The number of likely N-dealkylation sites (tertiary alicyclic amines) is 1. The summed E-state index contributed by atoms with van der Waals surface area (Å²) in [4.78, 5) is 18.0. The van der Waals surface area contributed by atoms with Crippen molar-refractivity contribution in [1.82, 2.24) is 15.1 Å². The lowest BCUT2D eigenvalue weighted by molar-refractivity contribution is -0.137. The maximum atomic E-state index is 13.7. The molecule has 0 radical (unpaired) electrons. The smallest absolute Gasteiger partial charge is 0.228 e. The van der Waals surface area contributed by atoms with E-state index in [2.05, 4.69) is 82.3 Å². The Hall–Kier alpha value is -2.23. The summed E-state index contributed by atoms with van der Waals surface area (Å²) in [5.74, 6) is 0.385. The van der Waals surface area contributed by atoms with Crippen molar-refractivity contribution in [2.24, 2.45) is 11.8 Å². The van der Waals surface area contributed by atoms with E-state index in [4.69, 9.17) is 0 Å². The Balaban J connectivity index is 2.33. The minimum absolute atomic E-state index is 0.0373. The van der Waals surface area contributed by atoms with Gasteiger partial charge in [0.15, 0.2) is 0 Å². The number of carbonyl (C=O) groups excluding carboxylic acids is 1. The molecule has 4 nitrogen and oxygen atoms in total. The molecule has 3 atom stereocenters. The molecule has 1 fully saturated rings. The van der Waals surface area contributed by atoms with Gasteiger partial charge in [-0.2, -0.15) is 0 Å². The highest BCUT2D eigenvalue weighted by Gasteiger charge is 2.42. The molecular weight excluding hydrogens is 358 g/mol. The molecule has 1 N–H and O–H groups in total. The van der Waals surface area contributed by atoms with Gasteiger partial charge in [-0.3, -0.25) is 4.79 Å². The summed E-state index contributed by atoms with van der Waals surface area (Å²) in [6.07, 6.45) is 1.74. The van der Waals surface area contributed by atoms with E-state index in [9.17, 15) is 4.79 Å². The minimum atomic E-state index is -0.0844. The van der Waals surface area contributed by atoms with Gasteiger partial charge in [-0.25, -0.2) is 0 Å². The SMILES string of the molecule is C=C(NC(C)C)C(C(C)C)N(C)C(=O)C1CCN(C(=C)CC)C1c1ccccc1. The van der Waals surface area contributed by atoms with E-state index in [1.807, 2.05) is 18.0 Å². The molecule has 1 aromatic carbocycles. The molecule has 1 heterocycles. The van der Waals surface area contributed by atoms with Crippen LogP contribution in [-0.4, -0.2) is 41.4 Å². The molecule has 1 amide bonds. The Kier molecular flexibility index (Phi) is 7.95. The minimum Gasteiger partial charge on any atom is -0.385 e. The molecule has 0 bridgehead atoms. The molecule has 2 rings (SSSR count). The molecule has 160 valence electrons. The number of benzene rings is 1. The normalized spacial score (nSPS) is 20.1. The van der Waals surface area contributed by atoms with Crippen LogP contribution in [0.5, 0.6) is 0 Å². The second-order valence-electron chi connectivity index (χ2n) is 8.83. The van der Waals surface area contributed by atoms with Gasteiger partial charge < -0.3 is 15.1 Å². The van der Waals surface area contributed by atoms with Gasteiger partial charge in [-0.15, -0.1) is 0 Å². The molecule has 1 saturated heterocycles. The van der Waals surface area contributed by atoms with E-state index in [0.29, 0.717) is 6.04 Å². The highest BCUT2D eigenvalue weighted by atomic mass is 16.2. The van der Waals surface area contributed by atoms with Crippen molar-refractivity contribution in [3.63, 3.8) is 0 Å². The van der Waals surface area contributed by atoms with E-state index >= 15 is 0 Å². The highest BCUT2D eigenvalue weighted by Crippen LogP contribution is 2.41. The van der Waals surface area contributed by atoms with E-state index in [-0.39, 0.29) is 29.8 Å². The maximum Gasteiger partial charge on any atom is 0.228 e. The van der Waals surface area contributed by atoms with Gasteiger partial charge in [0.05, 0.1) is 18.0 Å². The van der Waals surface area contributed by atoms with Crippen molar-refractivity contribution in [1.29, 1.82) is 0 Å². The first-order valence-corrected chi connectivity index (χ1v) is 10.9. The van der Waals surface area contributed by atoms with Gasteiger partial charge in [-0.1, -0.05) is 64.3 Å². The lowest BCUT2D eigenvalue weighted by Crippen LogP contribution is -2.48. The molecule has 1 aliphatic rings. The predicted octanol–water partition coefficient (Wildman–Crippen LogP) is 4.97. The van der Waals surface area contributed by atoms with Crippen LogP contribution >= 0.6 is 0 Å². The number of rotatable bonds is 9. The third-order valence-electron chi connectivity index (χ3n) is 5.90. The van der Waals surface area contributed by atoms with Crippen LogP contribution in [0, 0.1) is 11.8 Å². The van der Waals surface area contributed by atoms with Crippen LogP contribution in [0.3, 0.4) is 0 Å². The zero-order chi connectivity index (χ0) is 21.7. The molecule has 0 aromatic heterocycles. The van der Waals surface area contributed by atoms with Crippen molar-refractivity contribution in [2.75, 3.05) is 13.6 Å². The maximum absolute atomic E-state index is 13.7. The Bertz CT molecular complexity index is 710. The largest absolute Gasteiger partial charge is 0.385 e. The van der Waals surface area contributed by atoms with Crippen LogP contribution in [0.4, 0.5) is 0 Å². The molecule has 4 heteroatoms. The first kappa shape index (κ1) is 23.1. The quantitative estimate of drug-likeness (QED) is 0.639. The van der Waals surface area contributed by atoms with E-state index in [1.165, 1.54) is 5.56 Å². The molecule has 0 spiro atoms. The number of nitrogens with one attached hydrogen (secondary N) is 1. The zero-order valence-corrected chi connectivity index (χ0v) is 19.1. The van der Waals surface area contributed by atoms with Crippen molar-refractivity contribution in [2.45, 2.75) is 65.6 Å². The summed E-state index contributed by atoms with van der Waals surface area (Å²) in [6.45, 7) is 20.0. The topological polar surface area (TPSA) is 35.6 Å². The second-order valence-corrected chi connectivity index (χ2v) is 8.83. The lowest BCUT2D eigenvalue weighted by Gasteiger charge is -2.37. The fraction of sp³-hybridized carbons (Fsp3) is 0.560. The Morgan fingerprint density at radius 1 is 1.21 bits per heavy atom. The average molecular weight is 398 g/mol. The monoisotopic (exact) mass is 397 g/mol. The van der Waals surface area contributed by atoms with Crippen LogP contribution < -0.4 is 5.32 Å². The van der Waals surface area contributed by atoms with Gasteiger partial charge in [-0.05, 0) is 38.2 Å². The highest BCUT2D eigenvalue weighted by molar-refractivity contribution is 5.80. The third kappa shape index (κ3) is 5.23. The molecule has 0 saturated carbocycles. The summed E-state index contributed by atoms with van der Waals surface area (Å²) in [7, 11) is 1.93. The van der Waals surface area contributed by atoms with E-state index in [1.54, 1.807) is 0 Å². The number of amides is 1. The van der Waals surface area contributed by atoms with E-state index < -0.39 is 0 Å². The fourth-order valence-electron chi connectivity index (χ4n) is 4.61. The molecular formula is C25H39N3O. The number of hydrogen-bond acceptors (Lipinski definition) is 3.